The van der Waals surface area contributed by atoms with E-state index < -0.39 is 35.6 Å². The number of aryl methyl sites for hydroxylation is 1. The second kappa shape index (κ2) is 17.2. The first-order valence-electron chi connectivity index (χ1n) is 16.8. The highest BCUT2D eigenvalue weighted by atomic mass is 32.1. The number of carbonyl (C=O) groups excluding carboxylic acids is 1. The van der Waals surface area contributed by atoms with Gasteiger partial charge in [-0.15, -0.1) is 6.58 Å². The predicted octanol–water partition coefficient (Wildman–Crippen LogP) is 7.20. The smallest absolute Gasteiger partial charge is 0.358 e. The van der Waals surface area contributed by atoms with Gasteiger partial charge in [0.2, 0.25) is 0 Å². The number of benzene rings is 4. The monoisotopic (exact) mass is 717 g/mol. The molecule has 0 unspecified atom stereocenters. The summed E-state index contributed by atoms with van der Waals surface area (Å²) in [5.74, 6) is 0.195. The number of aromatic nitrogens is 2. The molecule has 10 nitrogen and oxygen atoms in total. The second-order valence-corrected chi connectivity index (χ2v) is 12.6. The molecule has 0 radical (unpaired) electrons. The Bertz CT molecular complexity index is 2010. The van der Waals surface area contributed by atoms with E-state index in [0.29, 0.717) is 23.5 Å². The molecule has 6 rings (SSSR count). The van der Waals surface area contributed by atoms with E-state index in [-0.39, 0.29) is 30.7 Å². The SMILES string of the molecule is C=CC[C@]1(COCc2ccccc2)O[C@@H](n2cc(C)c(NC(=O)c3ccccc3)nc2=O)[C@H](OC(=S)Oc2ccccc2)[C@@H]1OCc1ccccc1. The minimum absolute atomic E-state index is 0.0579. The molecule has 1 fully saturated rings. The summed E-state index contributed by atoms with van der Waals surface area (Å²) in [5.41, 5.74) is 0.939. The van der Waals surface area contributed by atoms with E-state index >= 15 is 0 Å². The third kappa shape index (κ3) is 8.87. The van der Waals surface area contributed by atoms with Crippen molar-refractivity contribution in [2.45, 2.75) is 50.6 Å². The van der Waals surface area contributed by atoms with Gasteiger partial charge in [0.15, 0.2) is 12.3 Å². The van der Waals surface area contributed by atoms with Crippen molar-refractivity contribution in [3.05, 3.63) is 173 Å². The highest BCUT2D eigenvalue weighted by Gasteiger charge is 2.58. The van der Waals surface area contributed by atoms with Gasteiger partial charge >= 0.3 is 10.9 Å². The van der Waals surface area contributed by atoms with E-state index in [9.17, 15) is 9.59 Å². The Kier molecular flexibility index (Phi) is 12.0. The number of anilines is 1. The zero-order chi connectivity index (χ0) is 36.3. The number of para-hydroxylation sites is 1. The predicted molar refractivity (Wildman–Crippen MR) is 201 cm³/mol. The molecule has 1 N–H and O–H groups in total. The molecule has 0 spiro atoms. The summed E-state index contributed by atoms with van der Waals surface area (Å²) in [6, 6.07) is 37.1. The van der Waals surface area contributed by atoms with Gasteiger partial charge < -0.3 is 29.0 Å². The fraction of sp³-hybridized carbons (Fsp3) is 0.220. The van der Waals surface area contributed by atoms with Crippen LogP contribution in [0.5, 0.6) is 5.75 Å². The summed E-state index contributed by atoms with van der Waals surface area (Å²) < 4.78 is 33.5. The van der Waals surface area contributed by atoms with Crippen LogP contribution in [0.2, 0.25) is 0 Å². The summed E-state index contributed by atoms with van der Waals surface area (Å²) in [4.78, 5) is 31.1. The van der Waals surface area contributed by atoms with Crippen LogP contribution >= 0.6 is 12.2 Å². The van der Waals surface area contributed by atoms with Gasteiger partial charge in [-0.3, -0.25) is 9.36 Å². The fourth-order valence-corrected chi connectivity index (χ4v) is 6.24. The average molecular weight is 718 g/mol. The lowest BCUT2D eigenvalue weighted by atomic mass is 9.91. The third-order valence-electron chi connectivity index (χ3n) is 8.53. The van der Waals surface area contributed by atoms with Crippen LogP contribution in [0, 0.1) is 6.92 Å². The van der Waals surface area contributed by atoms with Gasteiger partial charge in [-0.05, 0) is 48.7 Å². The van der Waals surface area contributed by atoms with Gasteiger partial charge in [-0.1, -0.05) is 103 Å². The molecule has 1 aliphatic rings. The molecule has 1 aromatic heterocycles. The van der Waals surface area contributed by atoms with Crippen LogP contribution in [0.25, 0.3) is 0 Å². The van der Waals surface area contributed by atoms with Crippen molar-refractivity contribution in [2.75, 3.05) is 11.9 Å². The van der Waals surface area contributed by atoms with Crippen LogP contribution < -0.4 is 15.7 Å². The lowest BCUT2D eigenvalue weighted by Crippen LogP contribution is -2.49. The van der Waals surface area contributed by atoms with E-state index in [4.69, 9.17) is 35.9 Å². The van der Waals surface area contributed by atoms with Crippen molar-refractivity contribution in [1.82, 2.24) is 9.55 Å². The number of nitrogens with zero attached hydrogens (tertiary/aromatic N) is 2. The van der Waals surface area contributed by atoms with Gasteiger partial charge in [0, 0.05) is 29.5 Å². The molecule has 5 aromatic rings. The molecule has 11 heteroatoms. The highest BCUT2D eigenvalue weighted by Crippen LogP contribution is 2.44. The molecular formula is C41H39N3O7S. The van der Waals surface area contributed by atoms with E-state index in [0.717, 1.165) is 11.1 Å². The molecule has 1 saturated heterocycles. The van der Waals surface area contributed by atoms with E-state index in [1.807, 2.05) is 84.9 Å². The number of hydrogen-bond donors (Lipinski definition) is 1. The van der Waals surface area contributed by atoms with Crippen LogP contribution in [0.1, 0.15) is 39.7 Å². The topological polar surface area (TPSA) is 110 Å². The normalized spacial score (nSPS) is 19.4. The maximum absolute atomic E-state index is 13.9. The van der Waals surface area contributed by atoms with Crippen LogP contribution in [0.4, 0.5) is 5.82 Å². The molecule has 0 saturated carbocycles. The number of carbonyl (C=O) groups is 1. The van der Waals surface area contributed by atoms with Gasteiger partial charge in [-0.25, -0.2) is 4.79 Å². The quantitative estimate of drug-likeness (QED) is 0.0943. The van der Waals surface area contributed by atoms with Crippen molar-refractivity contribution < 1.29 is 28.5 Å². The Morgan fingerprint density at radius 3 is 2.15 bits per heavy atom. The zero-order valence-electron chi connectivity index (χ0n) is 28.6. The van der Waals surface area contributed by atoms with Gasteiger partial charge in [0.1, 0.15) is 23.3 Å². The van der Waals surface area contributed by atoms with Crippen LogP contribution in [-0.2, 0) is 32.2 Å². The zero-order valence-corrected chi connectivity index (χ0v) is 29.4. The number of hydrogen-bond acceptors (Lipinski definition) is 9. The summed E-state index contributed by atoms with van der Waals surface area (Å²) in [6.07, 6.45) is 0.572. The maximum Gasteiger partial charge on any atom is 0.358 e. The Labute approximate surface area is 307 Å². The van der Waals surface area contributed by atoms with E-state index in [1.54, 1.807) is 55.6 Å². The van der Waals surface area contributed by atoms with E-state index in [1.165, 1.54) is 4.57 Å². The Hall–Kier alpha value is -5.46. The molecule has 2 heterocycles. The largest absolute Gasteiger partial charge is 0.446 e. The number of nitrogens with one attached hydrogen (secondary N) is 1. The molecule has 266 valence electrons. The minimum Gasteiger partial charge on any atom is -0.446 e. The van der Waals surface area contributed by atoms with Crippen molar-refractivity contribution in [3.63, 3.8) is 0 Å². The number of rotatable bonds is 14. The first-order chi connectivity index (χ1) is 25.3. The standard InChI is InChI=1S/C41H39N3O7S/c1-3-24-41(28-47-26-30-16-8-4-9-17-30)35(48-27-31-18-10-5-11-19-31)34(50-40(52)49-33-22-14-7-15-23-33)38(51-41)44-25-29(2)36(43-39(44)46)42-37(45)32-20-12-6-13-21-32/h3-23,25,34-35,38H,1,24,26-28H2,2H3,(H,42,43,45,46)/t34-,35+,38-,41-/m1/s1. The molecule has 0 aliphatic carbocycles. The highest BCUT2D eigenvalue weighted by molar-refractivity contribution is 7.79. The Morgan fingerprint density at radius 2 is 1.52 bits per heavy atom. The van der Waals surface area contributed by atoms with Gasteiger partial charge in [-0.2, -0.15) is 4.98 Å². The first kappa shape index (κ1) is 36.3. The van der Waals surface area contributed by atoms with E-state index in [2.05, 4.69) is 16.9 Å². The number of thiocarbonyl (C=S) groups is 1. The average Bonchev–Trinajstić information content (AvgIpc) is 3.45. The fourth-order valence-electron chi connectivity index (χ4n) is 6.03. The lowest BCUT2D eigenvalue weighted by molar-refractivity contribution is -0.155. The first-order valence-corrected chi connectivity index (χ1v) is 17.2. The maximum atomic E-state index is 13.9. The summed E-state index contributed by atoms with van der Waals surface area (Å²) >= 11 is 5.61. The second-order valence-electron chi connectivity index (χ2n) is 12.3. The molecule has 1 amide bonds. The Morgan fingerprint density at radius 1 is 0.923 bits per heavy atom. The van der Waals surface area contributed by atoms with Crippen molar-refractivity contribution in [3.8, 4) is 5.75 Å². The summed E-state index contributed by atoms with van der Waals surface area (Å²) in [7, 11) is 0. The van der Waals surface area contributed by atoms with Gasteiger partial charge in [0.05, 0.1) is 19.8 Å². The third-order valence-corrected chi connectivity index (χ3v) is 8.71. The molecule has 4 aromatic carbocycles. The summed E-state index contributed by atoms with van der Waals surface area (Å²) in [6.45, 7) is 6.31. The molecule has 1 aliphatic heterocycles. The molecule has 52 heavy (non-hydrogen) atoms. The van der Waals surface area contributed by atoms with Crippen molar-refractivity contribution in [1.29, 1.82) is 0 Å². The molecule has 4 atom stereocenters. The number of amides is 1. The van der Waals surface area contributed by atoms with Crippen molar-refractivity contribution in [2.24, 2.45) is 0 Å². The molecule has 0 bridgehead atoms. The Balaban J connectivity index is 1.37. The summed E-state index contributed by atoms with van der Waals surface area (Å²) in [5, 5.41) is 2.56. The number of ether oxygens (including phenoxy) is 5. The van der Waals surface area contributed by atoms with Crippen LogP contribution in [0.3, 0.4) is 0 Å². The van der Waals surface area contributed by atoms with Crippen LogP contribution in [0.15, 0.2) is 145 Å². The van der Waals surface area contributed by atoms with Crippen LogP contribution in [-0.4, -0.2) is 45.1 Å². The van der Waals surface area contributed by atoms with Crippen molar-refractivity contribution >= 4 is 29.2 Å². The molecular weight excluding hydrogens is 679 g/mol. The van der Waals surface area contributed by atoms with Gasteiger partial charge in [0.25, 0.3) is 5.91 Å². The lowest BCUT2D eigenvalue weighted by Gasteiger charge is -2.34. The minimum atomic E-state index is -1.20.